The van der Waals surface area contributed by atoms with Crippen molar-refractivity contribution in [3.8, 4) is 0 Å². The highest BCUT2D eigenvalue weighted by molar-refractivity contribution is 6.16. The zero-order valence-corrected chi connectivity index (χ0v) is 20.5. The molecule has 0 aliphatic carbocycles. The summed E-state index contributed by atoms with van der Waals surface area (Å²) in [4.78, 5) is 62.5. The Morgan fingerprint density at radius 1 is 0.971 bits per heavy atom. The van der Waals surface area contributed by atoms with Crippen LogP contribution in [-0.2, 0) is 24.0 Å². The van der Waals surface area contributed by atoms with Crippen LogP contribution in [0.15, 0.2) is 66.8 Å². The van der Waals surface area contributed by atoms with E-state index >= 15 is 0 Å². The Bertz CT molecular complexity index is 1030. The Morgan fingerprint density at radius 2 is 1.63 bits per heavy atom. The fourth-order valence-electron chi connectivity index (χ4n) is 3.78. The lowest BCUT2D eigenvalue weighted by atomic mass is 9.85. The summed E-state index contributed by atoms with van der Waals surface area (Å²) in [5, 5.41) is 7.72. The van der Waals surface area contributed by atoms with Crippen LogP contribution in [0.3, 0.4) is 0 Å². The standard InChI is InChI=1S/C27H33N3O5/c1-5-6-7-8-12-15-21(31)28-20(19-13-10-9-11-14-19)16-22(32)29-24(17(2)3)25(33)23-18(4)26(34)30-27(23)35/h5-15,17-18,20,23-24H,16H2,1-4H3,(H,28,31)(H,29,32)(H,30,34,35). The van der Waals surface area contributed by atoms with Crippen molar-refractivity contribution in [1.29, 1.82) is 0 Å². The quantitative estimate of drug-likeness (QED) is 0.195. The Hall–Kier alpha value is -3.81. The van der Waals surface area contributed by atoms with E-state index in [1.807, 2.05) is 25.1 Å². The number of imide groups is 1. The van der Waals surface area contributed by atoms with Gasteiger partial charge in [-0.25, -0.2) is 0 Å². The van der Waals surface area contributed by atoms with E-state index in [4.69, 9.17) is 0 Å². The number of benzene rings is 1. The number of nitrogens with one attached hydrogen (secondary N) is 3. The summed E-state index contributed by atoms with van der Waals surface area (Å²) in [5.74, 6) is -4.71. The van der Waals surface area contributed by atoms with Crippen molar-refractivity contribution in [3.63, 3.8) is 0 Å². The van der Waals surface area contributed by atoms with Crippen molar-refractivity contribution in [3.05, 3.63) is 72.4 Å². The van der Waals surface area contributed by atoms with Crippen molar-refractivity contribution in [2.24, 2.45) is 17.8 Å². The molecule has 0 saturated carbocycles. The van der Waals surface area contributed by atoms with Crippen LogP contribution in [0.5, 0.6) is 0 Å². The zero-order valence-electron chi connectivity index (χ0n) is 20.5. The average molecular weight is 480 g/mol. The average Bonchev–Trinajstić information content (AvgIpc) is 3.07. The molecule has 2 rings (SSSR count). The van der Waals surface area contributed by atoms with E-state index < -0.39 is 47.4 Å². The molecule has 4 amide bonds. The van der Waals surface area contributed by atoms with Gasteiger partial charge in [-0.05, 0) is 18.4 Å². The van der Waals surface area contributed by atoms with Gasteiger partial charge in [-0.3, -0.25) is 29.3 Å². The van der Waals surface area contributed by atoms with Crippen molar-refractivity contribution in [2.45, 2.75) is 46.2 Å². The molecule has 1 fully saturated rings. The molecule has 1 aliphatic heterocycles. The number of amides is 4. The third-order valence-corrected chi connectivity index (χ3v) is 5.72. The fraction of sp³-hybridized carbons (Fsp3) is 0.370. The number of hydrogen-bond donors (Lipinski definition) is 3. The van der Waals surface area contributed by atoms with Crippen LogP contribution in [0.25, 0.3) is 0 Å². The Labute approximate surface area is 205 Å². The minimum absolute atomic E-state index is 0.111. The van der Waals surface area contributed by atoms with Crippen LogP contribution in [0.1, 0.15) is 45.7 Å². The molecule has 3 N–H and O–H groups in total. The summed E-state index contributed by atoms with van der Waals surface area (Å²) < 4.78 is 0. The number of carbonyl (C=O) groups is 5. The molecule has 0 aromatic heterocycles. The number of Topliss-reactive ketones (excluding diaryl/α,β-unsaturated/α-hetero) is 1. The topological polar surface area (TPSA) is 121 Å². The minimum Gasteiger partial charge on any atom is -0.346 e. The third-order valence-electron chi connectivity index (χ3n) is 5.72. The SMILES string of the molecule is CC=CC=CC=CC(=O)NC(CC(=O)NC(C(=O)C1C(=O)NC(=O)C1C)C(C)C)c1ccccc1. The third kappa shape index (κ3) is 7.88. The summed E-state index contributed by atoms with van der Waals surface area (Å²) in [6.45, 7) is 6.91. The summed E-state index contributed by atoms with van der Waals surface area (Å²) in [5.41, 5.74) is 0.732. The van der Waals surface area contributed by atoms with Gasteiger partial charge in [0.15, 0.2) is 5.78 Å². The second-order valence-electron chi connectivity index (χ2n) is 8.76. The van der Waals surface area contributed by atoms with Crippen LogP contribution in [0, 0.1) is 17.8 Å². The number of ketones is 1. The predicted octanol–water partition coefficient (Wildman–Crippen LogP) is 2.54. The van der Waals surface area contributed by atoms with Gasteiger partial charge < -0.3 is 10.6 Å². The summed E-state index contributed by atoms with van der Waals surface area (Å²) >= 11 is 0. The molecule has 1 heterocycles. The molecule has 0 spiro atoms. The van der Waals surface area contributed by atoms with Gasteiger partial charge in [0.2, 0.25) is 23.6 Å². The summed E-state index contributed by atoms with van der Waals surface area (Å²) in [7, 11) is 0. The molecule has 1 aliphatic rings. The largest absolute Gasteiger partial charge is 0.346 e. The lowest BCUT2D eigenvalue weighted by molar-refractivity contribution is -0.137. The van der Waals surface area contributed by atoms with Gasteiger partial charge in [0.25, 0.3) is 0 Å². The van der Waals surface area contributed by atoms with E-state index in [9.17, 15) is 24.0 Å². The van der Waals surface area contributed by atoms with Gasteiger partial charge in [0.1, 0.15) is 5.92 Å². The number of rotatable bonds is 11. The normalized spacial score (nSPS) is 19.9. The maximum Gasteiger partial charge on any atom is 0.244 e. The molecule has 4 unspecified atom stereocenters. The van der Waals surface area contributed by atoms with Gasteiger partial charge in [-0.1, -0.05) is 81.5 Å². The van der Waals surface area contributed by atoms with Crippen LogP contribution >= 0.6 is 0 Å². The fourth-order valence-corrected chi connectivity index (χ4v) is 3.78. The molecule has 1 aromatic rings. The first-order chi connectivity index (χ1) is 16.6. The molecule has 8 heteroatoms. The Kier molecular flexibility index (Phi) is 10.3. The second-order valence-corrected chi connectivity index (χ2v) is 8.76. The lowest BCUT2D eigenvalue weighted by Gasteiger charge is -2.25. The van der Waals surface area contributed by atoms with E-state index in [2.05, 4.69) is 16.0 Å². The maximum absolute atomic E-state index is 13.1. The van der Waals surface area contributed by atoms with Gasteiger partial charge >= 0.3 is 0 Å². The van der Waals surface area contributed by atoms with Crippen molar-refractivity contribution < 1.29 is 24.0 Å². The smallest absolute Gasteiger partial charge is 0.244 e. The van der Waals surface area contributed by atoms with Gasteiger partial charge in [-0.15, -0.1) is 0 Å². The molecule has 4 atom stereocenters. The highest BCUT2D eigenvalue weighted by atomic mass is 16.2. The van der Waals surface area contributed by atoms with Gasteiger partial charge in [0.05, 0.1) is 24.4 Å². The second kappa shape index (κ2) is 13.2. The van der Waals surface area contributed by atoms with Crippen LogP contribution < -0.4 is 16.0 Å². The number of carbonyl (C=O) groups excluding carboxylic acids is 5. The van der Waals surface area contributed by atoms with E-state index in [0.29, 0.717) is 0 Å². The minimum atomic E-state index is -1.14. The highest BCUT2D eigenvalue weighted by Crippen LogP contribution is 2.24. The summed E-state index contributed by atoms with van der Waals surface area (Å²) in [6.07, 6.45) is 10.0. The van der Waals surface area contributed by atoms with Crippen LogP contribution in [-0.4, -0.2) is 35.5 Å². The van der Waals surface area contributed by atoms with E-state index in [-0.39, 0.29) is 18.2 Å². The monoisotopic (exact) mass is 479 g/mol. The molecular weight excluding hydrogens is 446 g/mol. The Balaban J connectivity index is 2.14. The first kappa shape index (κ1) is 27.4. The molecule has 186 valence electrons. The first-order valence-electron chi connectivity index (χ1n) is 11.6. The van der Waals surface area contributed by atoms with Crippen molar-refractivity contribution in [1.82, 2.24) is 16.0 Å². The lowest BCUT2D eigenvalue weighted by Crippen LogP contribution is -2.49. The van der Waals surface area contributed by atoms with E-state index in [1.165, 1.54) is 13.0 Å². The van der Waals surface area contributed by atoms with Crippen molar-refractivity contribution >= 4 is 29.4 Å². The van der Waals surface area contributed by atoms with Crippen LogP contribution in [0.2, 0.25) is 0 Å². The van der Waals surface area contributed by atoms with Gasteiger partial charge in [0, 0.05) is 6.08 Å². The molecule has 1 saturated heterocycles. The molecular formula is C27H33N3O5. The van der Waals surface area contributed by atoms with E-state index in [1.54, 1.807) is 56.3 Å². The zero-order chi connectivity index (χ0) is 26.0. The number of allylic oxidation sites excluding steroid dienone is 5. The molecule has 8 nitrogen and oxygen atoms in total. The molecule has 1 aromatic carbocycles. The first-order valence-corrected chi connectivity index (χ1v) is 11.6. The Morgan fingerprint density at radius 3 is 2.20 bits per heavy atom. The molecule has 35 heavy (non-hydrogen) atoms. The highest BCUT2D eigenvalue weighted by Gasteiger charge is 2.46. The maximum atomic E-state index is 13.1. The van der Waals surface area contributed by atoms with Gasteiger partial charge in [-0.2, -0.15) is 0 Å². The molecule has 0 bridgehead atoms. The van der Waals surface area contributed by atoms with Crippen LogP contribution in [0.4, 0.5) is 0 Å². The molecule has 0 radical (unpaired) electrons. The summed E-state index contributed by atoms with van der Waals surface area (Å²) in [6, 6.07) is 7.46. The predicted molar refractivity (Wildman–Crippen MR) is 133 cm³/mol. The van der Waals surface area contributed by atoms with E-state index in [0.717, 1.165) is 5.56 Å². The van der Waals surface area contributed by atoms with Crippen molar-refractivity contribution in [2.75, 3.05) is 0 Å². The number of hydrogen-bond acceptors (Lipinski definition) is 5.